The lowest BCUT2D eigenvalue weighted by atomic mass is 9.94. The Labute approximate surface area is 132 Å². The molecule has 0 radical (unpaired) electrons. The number of hydrogen-bond acceptors (Lipinski definition) is 2. The van der Waals surface area contributed by atoms with E-state index in [4.69, 9.17) is 9.47 Å². The van der Waals surface area contributed by atoms with Gasteiger partial charge in [-0.3, -0.25) is 0 Å². The van der Waals surface area contributed by atoms with Crippen molar-refractivity contribution in [2.24, 2.45) is 5.41 Å². The van der Waals surface area contributed by atoms with Gasteiger partial charge in [0.2, 0.25) is 0 Å². The molecule has 114 valence electrons. The smallest absolute Gasteiger partial charge is 0.126 e. The summed E-state index contributed by atoms with van der Waals surface area (Å²) in [4.78, 5) is 0. The van der Waals surface area contributed by atoms with Crippen molar-refractivity contribution in [2.45, 2.75) is 32.1 Å². The molecule has 22 heavy (non-hydrogen) atoms. The Kier molecular flexibility index (Phi) is 3.14. The largest absolute Gasteiger partial charge is 0.496 e. The van der Waals surface area contributed by atoms with Gasteiger partial charge in [0, 0.05) is 16.9 Å². The minimum absolute atomic E-state index is 0.339. The van der Waals surface area contributed by atoms with Crippen molar-refractivity contribution in [3.63, 3.8) is 0 Å². The monoisotopic (exact) mass is 294 g/mol. The number of ether oxygens (including phenoxy) is 2. The van der Waals surface area contributed by atoms with Crippen LogP contribution >= 0.6 is 0 Å². The summed E-state index contributed by atoms with van der Waals surface area (Å²) in [6, 6.07) is 15.0. The van der Waals surface area contributed by atoms with Crippen molar-refractivity contribution in [2.75, 3.05) is 13.7 Å². The van der Waals surface area contributed by atoms with Crippen LogP contribution in [0.3, 0.4) is 0 Å². The van der Waals surface area contributed by atoms with E-state index in [1.54, 1.807) is 7.11 Å². The van der Waals surface area contributed by atoms with Crippen molar-refractivity contribution in [3.8, 4) is 11.5 Å². The molecular weight excluding hydrogens is 272 g/mol. The number of fused-ring (bicyclic) bond motifs is 3. The zero-order chi connectivity index (χ0) is 15.2. The Morgan fingerprint density at radius 2 is 1.91 bits per heavy atom. The van der Waals surface area contributed by atoms with Crippen LogP contribution in [0.1, 0.15) is 36.0 Å². The third-order valence-electron chi connectivity index (χ3n) is 5.19. The van der Waals surface area contributed by atoms with Gasteiger partial charge in [-0.1, -0.05) is 37.3 Å². The van der Waals surface area contributed by atoms with E-state index in [9.17, 15) is 0 Å². The average Bonchev–Trinajstić information content (AvgIpc) is 3.25. The van der Waals surface area contributed by atoms with Gasteiger partial charge in [0.1, 0.15) is 11.5 Å². The first-order chi connectivity index (χ1) is 10.7. The minimum Gasteiger partial charge on any atom is -0.496 e. The van der Waals surface area contributed by atoms with Gasteiger partial charge in [0.25, 0.3) is 0 Å². The highest BCUT2D eigenvalue weighted by molar-refractivity contribution is 5.55. The third-order valence-corrected chi connectivity index (χ3v) is 5.19. The number of methoxy groups -OCH3 is 1. The lowest BCUT2D eigenvalue weighted by molar-refractivity contribution is 0.220. The fourth-order valence-electron chi connectivity index (χ4n) is 3.62. The summed E-state index contributed by atoms with van der Waals surface area (Å²) in [6.45, 7) is 3.15. The van der Waals surface area contributed by atoms with Crippen molar-refractivity contribution in [1.29, 1.82) is 0 Å². The van der Waals surface area contributed by atoms with E-state index in [0.717, 1.165) is 30.9 Å². The highest BCUT2D eigenvalue weighted by Crippen LogP contribution is 2.65. The van der Waals surface area contributed by atoms with E-state index < -0.39 is 0 Å². The topological polar surface area (TPSA) is 18.5 Å². The zero-order valence-corrected chi connectivity index (χ0v) is 13.3. The Morgan fingerprint density at radius 1 is 1.14 bits per heavy atom. The van der Waals surface area contributed by atoms with E-state index in [2.05, 4.69) is 49.4 Å². The molecule has 1 aliphatic heterocycles. The molecule has 4 rings (SSSR count). The Bertz CT molecular complexity index is 675. The molecule has 0 N–H and O–H groups in total. The lowest BCUT2D eigenvalue weighted by Crippen LogP contribution is -2.17. The van der Waals surface area contributed by atoms with E-state index >= 15 is 0 Å². The van der Waals surface area contributed by atoms with Crippen molar-refractivity contribution >= 4 is 0 Å². The summed E-state index contributed by atoms with van der Waals surface area (Å²) >= 11 is 0. The van der Waals surface area contributed by atoms with Crippen LogP contribution in [0, 0.1) is 5.41 Å². The molecule has 2 heteroatoms. The summed E-state index contributed by atoms with van der Waals surface area (Å²) in [5.74, 6) is 2.67. The minimum atomic E-state index is 0.339. The summed E-state index contributed by atoms with van der Waals surface area (Å²) in [7, 11) is 1.77. The van der Waals surface area contributed by atoms with E-state index in [1.807, 2.05) is 0 Å². The second kappa shape index (κ2) is 5.05. The molecule has 0 saturated heterocycles. The van der Waals surface area contributed by atoms with Gasteiger partial charge in [-0.15, -0.1) is 0 Å². The van der Waals surface area contributed by atoms with Gasteiger partial charge in [-0.25, -0.2) is 0 Å². The maximum atomic E-state index is 6.04. The van der Waals surface area contributed by atoms with Gasteiger partial charge in [0.05, 0.1) is 13.7 Å². The van der Waals surface area contributed by atoms with Crippen LogP contribution in [0.25, 0.3) is 0 Å². The molecule has 2 atom stereocenters. The summed E-state index contributed by atoms with van der Waals surface area (Å²) < 4.78 is 11.7. The molecule has 1 saturated carbocycles. The van der Waals surface area contributed by atoms with Crippen LogP contribution in [-0.4, -0.2) is 13.7 Å². The standard InChI is InChI=1S/C20H22O2/c1-20-12-16(20)19-17(21-2)10-15(11-18(19)22-13-20)9-8-14-6-4-3-5-7-14/h3-7,10-11,16H,8-9,12-13H2,1-2H3/t16-,20+/m1/s1. The van der Waals surface area contributed by atoms with Gasteiger partial charge < -0.3 is 9.47 Å². The molecule has 0 bridgehead atoms. The molecule has 0 amide bonds. The molecule has 1 fully saturated rings. The molecule has 0 spiro atoms. The molecule has 2 aliphatic rings. The molecule has 1 heterocycles. The van der Waals surface area contributed by atoms with Crippen molar-refractivity contribution in [3.05, 3.63) is 59.2 Å². The fraction of sp³-hybridized carbons (Fsp3) is 0.400. The number of benzene rings is 2. The Morgan fingerprint density at radius 3 is 2.68 bits per heavy atom. The third kappa shape index (κ3) is 2.27. The van der Waals surface area contributed by atoms with Crippen LogP contribution in [0.15, 0.2) is 42.5 Å². The SMILES string of the molecule is COc1cc(CCc2ccccc2)cc2c1[C@H]1C[C@@]1(C)CO2. The normalized spacial score (nSPS) is 24.9. The second-order valence-corrected chi connectivity index (χ2v) is 6.89. The van der Waals surface area contributed by atoms with Gasteiger partial charge >= 0.3 is 0 Å². The van der Waals surface area contributed by atoms with Gasteiger partial charge in [-0.2, -0.15) is 0 Å². The van der Waals surface area contributed by atoms with Crippen LogP contribution < -0.4 is 9.47 Å². The molecule has 0 unspecified atom stereocenters. The maximum Gasteiger partial charge on any atom is 0.126 e. The number of hydrogen-bond donors (Lipinski definition) is 0. The predicted octanol–water partition coefficient (Wildman–Crippen LogP) is 4.37. The molecule has 0 aromatic heterocycles. The molecule has 1 aliphatic carbocycles. The van der Waals surface area contributed by atoms with Crippen LogP contribution in [0.5, 0.6) is 11.5 Å². The summed E-state index contributed by atoms with van der Waals surface area (Å²) in [5.41, 5.74) is 4.30. The second-order valence-electron chi connectivity index (χ2n) is 6.89. The van der Waals surface area contributed by atoms with E-state index in [0.29, 0.717) is 11.3 Å². The Hall–Kier alpha value is -1.96. The highest BCUT2D eigenvalue weighted by atomic mass is 16.5. The number of rotatable bonds is 4. The highest BCUT2D eigenvalue weighted by Gasteiger charge is 2.56. The van der Waals surface area contributed by atoms with E-state index in [1.165, 1.54) is 23.1 Å². The average molecular weight is 294 g/mol. The first kappa shape index (κ1) is 13.7. The zero-order valence-electron chi connectivity index (χ0n) is 13.3. The molecule has 2 aromatic rings. The van der Waals surface area contributed by atoms with Crippen LogP contribution in [0.4, 0.5) is 0 Å². The summed E-state index contributed by atoms with van der Waals surface area (Å²) in [6.07, 6.45) is 3.28. The lowest BCUT2D eigenvalue weighted by Gasteiger charge is -2.24. The number of aryl methyl sites for hydroxylation is 2. The Balaban J connectivity index is 1.60. The first-order valence-electron chi connectivity index (χ1n) is 8.07. The fourth-order valence-corrected chi connectivity index (χ4v) is 3.62. The molecule has 2 aromatic carbocycles. The first-order valence-corrected chi connectivity index (χ1v) is 8.07. The van der Waals surface area contributed by atoms with E-state index in [-0.39, 0.29) is 0 Å². The van der Waals surface area contributed by atoms with Gasteiger partial charge in [0.15, 0.2) is 0 Å². The maximum absolute atomic E-state index is 6.04. The van der Waals surface area contributed by atoms with Crippen molar-refractivity contribution < 1.29 is 9.47 Å². The predicted molar refractivity (Wildman–Crippen MR) is 87.8 cm³/mol. The quantitative estimate of drug-likeness (QED) is 0.834. The van der Waals surface area contributed by atoms with Gasteiger partial charge in [-0.05, 0) is 42.5 Å². The van der Waals surface area contributed by atoms with Crippen molar-refractivity contribution in [1.82, 2.24) is 0 Å². The molecular formula is C20H22O2. The molecule has 2 nitrogen and oxygen atoms in total. The van der Waals surface area contributed by atoms with Crippen LogP contribution in [0.2, 0.25) is 0 Å². The summed E-state index contributed by atoms with van der Waals surface area (Å²) in [5, 5.41) is 0. The van der Waals surface area contributed by atoms with Crippen LogP contribution in [-0.2, 0) is 12.8 Å².